The van der Waals surface area contributed by atoms with Crippen molar-refractivity contribution in [3.05, 3.63) is 69.3 Å². The first-order valence-corrected chi connectivity index (χ1v) is 6.89. The van der Waals surface area contributed by atoms with Gasteiger partial charge >= 0.3 is 0 Å². The molecule has 0 saturated carbocycles. The van der Waals surface area contributed by atoms with Gasteiger partial charge in [0.05, 0.1) is 11.0 Å². The lowest BCUT2D eigenvalue weighted by molar-refractivity contribution is -0.384. The minimum Gasteiger partial charge on any atom is -0.508 e. The number of nitrogens with one attached hydrogen (secondary N) is 1. The van der Waals surface area contributed by atoms with Crippen LogP contribution in [-0.2, 0) is 6.54 Å². The van der Waals surface area contributed by atoms with Crippen LogP contribution in [0.4, 0.5) is 5.69 Å². The molecule has 2 aromatic rings. The summed E-state index contributed by atoms with van der Waals surface area (Å²) in [6.45, 7) is 2.49. The van der Waals surface area contributed by atoms with Crippen molar-refractivity contribution in [1.82, 2.24) is 5.32 Å². The first-order valence-electron chi connectivity index (χ1n) is 6.89. The van der Waals surface area contributed by atoms with E-state index in [-0.39, 0.29) is 24.5 Å². The molecule has 1 unspecified atom stereocenters. The van der Waals surface area contributed by atoms with E-state index < -0.39 is 11.0 Å². The van der Waals surface area contributed by atoms with Crippen molar-refractivity contribution in [2.45, 2.75) is 19.6 Å². The Labute approximate surface area is 128 Å². The fourth-order valence-electron chi connectivity index (χ4n) is 2.08. The van der Waals surface area contributed by atoms with Crippen LogP contribution in [0.1, 0.15) is 22.8 Å². The van der Waals surface area contributed by atoms with Gasteiger partial charge in [0.25, 0.3) is 5.69 Å². The van der Waals surface area contributed by atoms with Gasteiger partial charge in [-0.3, -0.25) is 10.1 Å². The molecule has 6 nitrogen and oxygen atoms in total. The van der Waals surface area contributed by atoms with E-state index in [0.717, 1.165) is 11.1 Å². The molecule has 0 bridgehead atoms. The Morgan fingerprint density at radius 2 is 1.91 bits per heavy atom. The summed E-state index contributed by atoms with van der Waals surface area (Å²) in [5, 5.41) is 33.5. The quantitative estimate of drug-likeness (QED) is 0.562. The van der Waals surface area contributed by atoms with Crippen molar-refractivity contribution in [2.24, 2.45) is 0 Å². The molecule has 0 spiro atoms. The molecule has 0 heterocycles. The van der Waals surface area contributed by atoms with Crippen molar-refractivity contribution < 1.29 is 15.1 Å². The Bertz CT molecular complexity index is 656. The van der Waals surface area contributed by atoms with Gasteiger partial charge in [-0.25, -0.2) is 0 Å². The molecule has 22 heavy (non-hydrogen) atoms. The number of nitro groups is 1. The van der Waals surface area contributed by atoms with Gasteiger partial charge < -0.3 is 15.5 Å². The van der Waals surface area contributed by atoms with Crippen LogP contribution in [0.3, 0.4) is 0 Å². The van der Waals surface area contributed by atoms with E-state index in [0.29, 0.717) is 5.56 Å². The summed E-state index contributed by atoms with van der Waals surface area (Å²) in [6, 6.07) is 11.4. The van der Waals surface area contributed by atoms with E-state index >= 15 is 0 Å². The van der Waals surface area contributed by atoms with Crippen molar-refractivity contribution in [1.29, 1.82) is 0 Å². The summed E-state index contributed by atoms with van der Waals surface area (Å²) in [6.07, 6.45) is -0.679. The molecule has 6 heteroatoms. The molecular weight excluding hydrogens is 284 g/mol. The lowest BCUT2D eigenvalue weighted by atomic mass is 10.1. The van der Waals surface area contributed by atoms with Crippen LogP contribution in [0, 0.1) is 17.0 Å². The van der Waals surface area contributed by atoms with Crippen molar-refractivity contribution in [3.8, 4) is 5.75 Å². The highest BCUT2D eigenvalue weighted by Gasteiger charge is 2.11. The number of nitro benzene ring substituents is 1. The average Bonchev–Trinajstić information content (AvgIpc) is 2.49. The molecule has 0 amide bonds. The van der Waals surface area contributed by atoms with E-state index in [1.807, 2.05) is 31.2 Å². The van der Waals surface area contributed by atoms with Gasteiger partial charge in [-0.2, -0.15) is 0 Å². The average molecular weight is 302 g/mol. The summed E-state index contributed by atoms with van der Waals surface area (Å²) >= 11 is 0. The zero-order valence-corrected chi connectivity index (χ0v) is 12.2. The van der Waals surface area contributed by atoms with E-state index in [9.17, 15) is 20.3 Å². The summed E-state index contributed by atoms with van der Waals surface area (Å²) in [5.74, 6) is -0.0112. The predicted octanol–water partition coefficient (Wildman–Crippen LogP) is 2.43. The highest BCUT2D eigenvalue weighted by Crippen LogP contribution is 2.23. The number of rotatable bonds is 6. The maximum Gasteiger partial charge on any atom is 0.270 e. The second kappa shape index (κ2) is 7.02. The van der Waals surface area contributed by atoms with Gasteiger partial charge in [-0.15, -0.1) is 0 Å². The van der Waals surface area contributed by atoms with Gasteiger partial charge in [-0.05, 0) is 18.6 Å². The molecule has 0 radical (unpaired) electrons. The topological polar surface area (TPSA) is 95.6 Å². The molecule has 116 valence electrons. The third-order valence-electron chi connectivity index (χ3n) is 3.39. The number of benzene rings is 2. The van der Waals surface area contributed by atoms with E-state index in [2.05, 4.69) is 5.32 Å². The van der Waals surface area contributed by atoms with Crippen molar-refractivity contribution in [3.63, 3.8) is 0 Å². The third kappa shape index (κ3) is 4.03. The SMILES string of the molecule is Cc1ccc(C(O)CNCc2cc([N+](=O)[O-])ccc2O)cc1. The van der Waals surface area contributed by atoms with Crippen LogP contribution in [0.25, 0.3) is 0 Å². The maximum atomic E-state index is 10.7. The molecule has 0 fully saturated rings. The number of hydrogen-bond donors (Lipinski definition) is 3. The number of aromatic hydroxyl groups is 1. The number of aliphatic hydroxyl groups excluding tert-OH is 1. The van der Waals surface area contributed by atoms with Crippen LogP contribution in [-0.4, -0.2) is 21.7 Å². The third-order valence-corrected chi connectivity index (χ3v) is 3.39. The number of hydrogen-bond acceptors (Lipinski definition) is 5. The minimum absolute atomic E-state index is 0.0112. The summed E-state index contributed by atoms with van der Waals surface area (Å²) in [5.41, 5.74) is 2.26. The highest BCUT2D eigenvalue weighted by atomic mass is 16.6. The molecule has 3 N–H and O–H groups in total. The monoisotopic (exact) mass is 302 g/mol. The van der Waals surface area contributed by atoms with Crippen LogP contribution in [0.2, 0.25) is 0 Å². The molecule has 0 aliphatic carbocycles. The largest absolute Gasteiger partial charge is 0.508 e. The Balaban J connectivity index is 1.94. The molecule has 2 aromatic carbocycles. The van der Waals surface area contributed by atoms with Crippen LogP contribution in [0.5, 0.6) is 5.75 Å². The van der Waals surface area contributed by atoms with Gasteiger partial charge in [0.1, 0.15) is 5.75 Å². The molecule has 0 aliphatic rings. The normalized spacial score (nSPS) is 12.1. The van der Waals surface area contributed by atoms with Crippen molar-refractivity contribution in [2.75, 3.05) is 6.54 Å². The molecule has 0 aromatic heterocycles. The van der Waals surface area contributed by atoms with E-state index in [1.54, 1.807) is 0 Å². The van der Waals surface area contributed by atoms with Gasteiger partial charge in [0.15, 0.2) is 0 Å². The Kier molecular flexibility index (Phi) is 5.08. The number of phenols is 1. The van der Waals surface area contributed by atoms with Crippen molar-refractivity contribution >= 4 is 5.69 Å². The van der Waals surface area contributed by atoms with Crippen LogP contribution < -0.4 is 5.32 Å². The summed E-state index contributed by atoms with van der Waals surface area (Å²) < 4.78 is 0. The molecular formula is C16H18N2O4. The number of aryl methyl sites for hydroxylation is 1. The van der Waals surface area contributed by atoms with Gasteiger partial charge in [0.2, 0.25) is 0 Å². The fraction of sp³-hybridized carbons (Fsp3) is 0.250. The Morgan fingerprint density at radius 3 is 2.55 bits per heavy atom. The maximum absolute atomic E-state index is 10.7. The summed E-state index contributed by atoms with van der Waals surface area (Å²) in [7, 11) is 0. The van der Waals surface area contributed by atoms with E-state index in [4.69, 9.17) is 0 Å². The smallest absolute Gasteiger partial charge is 0.270 e. The lowest BCUT2D eigenvalue weighted by Crippen LogP contribution is -2.21. The lowest BCUT2D eigenvalue weighted by Gasteiger charge is -2.13. The minimum atomic E-state index is -0.679. The second-order valence-electron chi connectivity index (χ2n) is 5.13. The molecule has 2 rings (SSSR count). The first-order chi connectivity index (χ1) is 10.5. The van der Waals surface area contributed by atoms with Crippen LogP contribution >= 0.6 is 0 Å². The first kappa shape index (κ1) is 15.9. The molecule has 0 aliphatic heterocycles. The number of phenolic OH excluding ortho intramolecular Hbond substituents is 1. The molecule has 0 saturated heterocycles. The zero-order valence-electron chi connectivity index (χ0n) is 12.2. The predicted molar refractivity (Wildman–Crippen MR) is 82.6 cm³/mol. The number of non-ortho nitro benzene ring substituents is 1. The standard InChI is InChI=1S/C16H18N2O4/c1-11-2-4-12(5-3-11)16(20)10-17-9-13-8-14(18(21)22)6-7-15(13)19/h2-8,16-17,19-20H,9-10H2,1H3. The molecule has 1 atom stereocenters. The van der Waals surface area contributed by atoms with Gasteiger partial charge in [-0.1, -0.05) is 29.8 Å². The fourth-order valence-corrected chi connectivity index (χ4v) is 2.08. The van der Waals surface area contributed by atoms with E-state index in [1.165, 1.54) is 18.2 Å². The number of nitrogens with zero attached hydrogens (tertiary/aromatic N) is 1. The Morgan fingerprint density at radius 1 is 1.23 bits per heavy atom. The summed E-state index contributed by atoms with van der Waals surface area (Å²) in [4.78, 5) is 10.2. The number of aliphatic hydroxyl groups is 1. The zero-order chi connectivity index (χ0) is 16.1. The van der Waals surface area contributed by atoms with Gasteiger partial charge in [0, 0.05) is 30.8 Å². The highest BCUT2D eigenvalue weighted by molar-refractivity contribution is 5.42. The second-order valence-corrected chi connectivity index (χ2v) is 5.13. The Hall–Kier alpha value is -2.44. The van der Waals surface area contributed by atoms with Crippen LogP contribution in [0.15, 0.2) is 42.5 Å².